The Labute approximate surface area is 200 Å². The van der Waals surface area contributed by atoms with Gasteiger partial charge in [0.05, 0.1) is 5.92 Å². The van der Waals surface area contributed by atoms with E-state index in [1.807, 2.05) is 27.7 Å². The van der Waals surface area contributed by atoms with Crippen LogP contribution in [0.25, 0.3) is 0 Å². The zero-order valence-electron chi connectivity index (χ0n) is 20.6. The summed E-state index contributed by atoms with van der Waals surface area (Å²) < 4.78 is 46.3. The maximum Gasteiger partial charge on any atom is 0.573 e. The standard InChI is InChI=1S/C25H37F3N2O4/c1-16(15-29-19-10-12-20(13-11-19)33-25(26,27)28)30-22(31)17(2)21(14-18-8-6-7-9-18)23(32)34-24(3,4)5/h10-13,16-18,21,29H,6-9,14-15H2,1-5H3,(H,30,31)/t16-,17+,21+/m0/s1. The molecule has 192 valence electrons. The number of esters is 1. The third kappa shape index (κ3) is 9.81. The first-order valence-corrected chi connectivity index (χ1v) is 11.9. The number of amides is 1. The summed E-state index contributed by atoms with van der Waals surface area (Å²) in [4.78, 5) is 25.9. The van der Waals surface area contributed by atoms with E-state index in [9.17, 15) is 22.8 Å². The van der Waals surface area contributed by atoms with Crippen molar-refractivity contribution in [3.05, 3.63) is 24.3 Å². The lowest BCUT2D eigenvalue weighted by molar-refractivity contribution is -0.274. The average Bonchev–Trinajstić information content (AvgIpc) is 3.22. The van der Waals surface area contributed by atoms with Crippen molar-refractivity contribution in [1.82, 2.24) is 5.32 Å². The van der Waals surface area contributed by atoms with E-state index >= 15 is 0 Å². The molecule has 1 aromatic rings. The van der Waals surface area contributed by atoms with Gasteiger partial charge in [0, 0.05) is 24.2 Å². The number of carbonyl (C=O) groups excluding carboxylic acids is 2. The SMILES string of the molecule is C[C@@H](CNc1ccc(OC(F)(F)F)cc1)NC(=O)[C@H](C)[C@@H](CC1CCCC1)C(=O)OC(C)(C)C. The summed E-state index contributed by atoms with van der Waals surface area (Å²) in [6.07, 6.45) is 0.347. The molecule has 0 unspecified atom stereocenters. The summed E-state index contributed by atoms with van der Waals surface area (Å²) in [7, 11) is 0. The molecule has 1 aliphatic carbocycles. The summed E-state index contributed by atoms with van der Waals surface area (Å²) in [5.74, 6) is -1.49. The molecule has 2 N–H and O–H groups in total. The van der Waals surface area contributed by atoms with Crippen molar-refractivity contribution in [2.45, 2.75) is 84.7 Å². The van der Waals surface area contributed by atoms with Gasteiger partial charge in [-0.2, -0.15) is 0 Å². The van der Waals surface area contributed by atoms with Gasteiger partial charge in [-0.15, -0.1) is 13.2 Å². The molecule has 2 rings (SSSR count). The van der Waals surface area contributed by atoms with Crippen LogP contribution in [0.5, 0.6) is 5.75 Å². The molecule has 0 spiro atoms. The molecule has 1 aromatic carbocycles. The highest BCUT2D eigenvalue weighted by Gasteiger charge is 2.36. The van der Waals surface area contributed by atoms with E-state index in [1.165, 1.54) is 24.3 Å². The Kier molecular flexibility index (Phi) is 9.64. The number of halogens is 3. The minimum atomic E-state index is -4.74. The van der Waals surface area contributed by atoms with E-state index in [0.29, 0.717) is 24.6 Å². The maximum atomic E-state index is 13.0. The Morgan fingerprint density at radius 3 is 2.18 bits per heavy atom. The van der Waals surface area contributed by atoms with Crippen molar-refractivity contribution in [3.8, 4) is 5.75 Å². The molecule has 0 saturated heterocycles. The molecule has 0 bridgehead atoms. The van der Waals surface area contributed by atoms with Crippen LogP contribution in [0.1, 0.15) is 66.7 Å². The number of anilines is 1. The second kappa shape index (κ2) is 11.8. The number of hydrogen-bond donors (Lipinski definition) is 2. The van der Waals surface area contributed by atoms with Crippen LogP contribution in [0, 0.1) is 17.8 Å². The molecule has 0 aliphatic heterocycles. The van der Waals surface area contributed by atoms with E-state index in [1.54, 1.807) is 6.92 Å². The lowest BCUT2D eigenvalue weighted by atomic mass is 9.84. The van der Waals surface area contributed by atoms with Crippen molar-refractivity contribution < 1.29 is 32.2 Å². The monoisotopic (exact) mass is 486 g/mol. The number of nitrogens with one attached hydrogen (secondary N) is 2. The number of rotatable bonds is 10. The Bertz CT molecular complexity index is 800. The van der Waals surface area contributed by atoms with Gasteiger partial charge in [0.2, 0.25) is 5.91 Å². The van der Waals surface area contributed by atoms with Crippen LogP contribution >= 0.6 is 0 Å². The Morgan fingerprint density at radius 2 is 1.65 bits per heavy atom. The van der Waals surface area contributed by atoms with Crippen molar-refractivity contribution >= 4 is 17.6 Å². The van der Waals surface area contributed by atoms with Crippen molar-refractivity contribution in [1.29, 1.82) is 0 Å². The first kappa shape index (κ1) is 27.8. The fourth-order valence-electron chi connectivity index (χ4n) is 4.14. The lowest BCUT2D eigenvalue weighted by Crippen LogP contribution is -2.44. The second-order valence-electron chi connectivity index (χ2n) is 10.2. The molecule has 0 aromatic heterocycles. The van der Waals surface area contributed by atoms with Gasteiger partial charge >= 0.3 is 12.3 Å². The highest BCUT2D eigenvalue weighted by molar-refractivity contribution is 5.85. The summed E-state index contributed by atoms with van der Waals surface area (Å²) >= 11 is 0. The van der Waals surface area contributed by atoms with Crippen LogP contribution in [-0.2, 0) is 14.3 Å². The molecule has 1 amide bonds. The fourth-order valence-corrected chi connectivity index (χ4v) is 4.14. The van der Waals surface area contributed by atoms with Crippen LogP contribution in [-0.4, -0.2) is 36.4 Å². The molecule has 6 nitrogen and oxygen atoms in total. The second-order valence-corrected chi connectivity index (χ2v) is 10.2. The van der Waals surface area contributed by atoms with Gasteiger partial charge in [-0.3, -0.25) is 9.59 Å². The van der Waals surface area contributed by atoms with E-state index in [-0.39, 0.29) is 23.7 Å². The largest absolute Gasteiger partial charge is 0.573 e. The molecule has 34 heavy (non-hydrogen) atoms. The predicted octanol–water partition coefficient (Wildman–Crippen LogP) is 5.68. The van der Waals surface area contributed by atoms with Crippen LogP contribution in [0.2, 0.25) is 0 Å². The maximum absolute atomic E-state index is 13.0. The number of carbonyl (C=O) groups is 2. The van der Waals surface area contributed by atoms with Crippen LogP contribution < -0.4 is 15.4 Å². The molecule has 1 fully saturated rings. The topological polar surface area (TPSA) is 76.7 Å². The van der Waals surface area contributed by atoms with Gasteiger partial charge in [0.25, 0.3) is 0 Å². The number of alkyl halides is 3. The third-order valence-electron chi connectivity index (χ3n) is 5.88. The van der Waals surface area contributed by atoms with Crippen LogP contribution in [0.15, 0.2) is 24.3 Å². The molecule has 3 atom stereocenters. The van der Waals surface area contributed by atoms with Gasteiger partial charge in [-0.25, -0.2) is 0 Å². The Morgan fingerprint density at radius 1 is 1.06 bits per heavy atom. The van der Waals surface area contributed by atoms with Crippen LogP contribution in [0.3, 0.4) is 0 Å². The zero-order valence-corrected chi connectivity index (χ0v) is 20.6. The quantitative estimate of drug-likeness (QED) is 0.417. The van der Waals surface area contributed by atoms with E-state index in [2.05, 4.69) is 15.4 Å². The molecule has 0 radical (unpaired) electrons. The third-order valence-corrected chi connectivity index (χ3v) is 5.88. The Balaban J connectivity index is 1.91. The molecular formula is C25H37F3N2O4. The van der Waals surface area contributed by atoms with Gasteiger partial charge in [0.1, 0.15) is 11.4 Å². The van der Waals surface area contributed by atoms with Gasteiger partial charge in [0.15, 0.2) is 0 Å². The van der Waals surface area contributed by atoms with Crippen molar-refractivity contribution in [2.24, 2.45) is 17.8 Å². The lowest BCUT2D eigenvalue weighted by Gasteiger charge is -2.29. The first-order chi connectivity index (χ1) is 15.7. The number of benzene rings is 1. The predicted molar refractivity (Wildman–Crippen MR) is 124 cm³/mol. The van der Waals surface area contributed by atoms with E-state index in [4.69, 9.17) is 4.74 Å². The van der Waals surface area contributed by atoms with E-state index in [0.717, 1.165) is 25.7 Å². The molecular weight excluding hydrogens is 449 g/mol. The molecule has 1 saturated carbocycles. The normalized spacial score (nSPS) is 17.5. The summed E-state index contributed by atoms with van der Waals surface area (Å²) in [5, 5.41) is 6.01. The van der Waals surface area contributed by atoms with Gasteiger partial charge in [-0.05, 0) is 64.3 Å². The zero-order chi connectivity index (χ0) is 25.5. The minimum absolute atomic E-state index is 0.225. The Hall–Kier alpha value is -2.45. The molecule has 1 aliphatic rings. The first-order valence-electron chi connectivity index (χ1n) is 11.9. The van der Waals surface area contributed by atoms with Crippen LogP contribution in [0.4, 0.5) is 18.9 Å². The highest BCUT2D eigenvalue weighted by atomic mass is 19.4. The summed E-state index contributed by atoms with van der Waals surface area (Å²) in [5.41, 5.74) is -0.0319. The van der Waals surface area contributed by atoms with Crippen molar-refractivity contribution in [3.63, 3.8) is 0 Å². The summed E-state index contributed by atoms with van der Waals surface area (Å²) in [6, 6.07) is 5.11. The minimum Gasteiger partial charge on any atom is -0.460 e. The average molecular weight is 487 g/mol. The highest BCUT2D eigenvalue weighted by Crippen LogP contribution is 2.34. The van der Waals surface area contributed by atoms with Gasteiger partial charge in [-0.1, -0.05) is 32.6 Å². The number of hydrogen-bond acceptors (Lipinski definition) is 5. The fraction of sp³-hybridized carbons (Fsp3) is 0.680. The molecule has 9 heteroatoms. The van der Waals surface area contributed by atoms with Gasteiger partial charge < -0.3 is 20.1 Å². The summed E-state index contributed by atoms with van der Waals surface area (Å²) in [6.45, 7) is 9.39. The smallest absolute Gasteiger partial charge is 0.460 e. The van der Waals surface area contributed by atoms with E-state index < -0.39 is 23.8 Å². The van der Waals surface area contributed by atoms with Crippen molar-refractivity contribution in [2.75, 3.05) is 11.9 Å². The molecule has 0 heterocycles. The number of ether oxygens (including phenoxy) is 2.